The van der Waals surface area contributed by atoms with Gasteiger partial charge in [-0.25, -0.2) is 0 Å². The molecule has 3 heteroatoms. The van der Waals surface area contributed by atoms with Crippen molar-refractivity contribution in [3.05, 3.63) is 70.7 Å². The van der Waals surface area contributed by atoms with Gasteiger partial charge < -0.3 is 5.32 Å². The molecule has 0 aliphatic rings. The highest BCUT2D eigenvalue weighted by Gasteiger charge is 2.16. The Morgan fingerprint density at radius 3 is 2.24 bits per heavy atom. The summed E-state index contributed by atoms with van der Waals surface area (Å²) < 4.78 is 0. The van der Waals surface area contributed by atoms with Crippen molar-refractivity contribution >= 4 is 17.5 Å². The number of carbonyl (C=O) groups excluding carboxylic acids is 1. The summed E-state index contributed by atoms with van der Waals surface area (Å²) in [6, 6.07) is 17.1. The number of hydrogen-bond acceptors (Lipinski definition) is 1. The summed E-state index contributed by atoms with van der Waals surface area (Å²) >= 11 is 5.86. The first-order chi connectivity index (χ1) is 10.1. The summed E-state index contributed by atoms with van der Waals surface area (Å²) in [5, 5.41) is 3.75. The number of nitrogens with one attached hydrogen (secondary N) is 1. The highest BCUT2D eigenvalue weighted by atomic mass is 35.5. The Bertz CT molecular complexity index is 578. The fraction of sp³-hybridized carbons (Fsp3) is 0.278. The van der Waals surface area contributed by atoms with Gasteiger partial charge in [0.05, 0.1) is 6.04 Å². The zero-order valence-electron chi connectivity index (χ0n) is 12.3. The lowest BCUT2D eigenvalue weighted by Gasteiger charge is -2.21. The van der Waals surface area contributed by atoms with Gasteiger partial charge in [-0.15, -0.1) is 0 Å². The summed E-state index contributed by atoms with van der Waals surface area (Å²) in [4.78, 5) is 12.4. The van der Waals surface area contributed by atoms with E-state index in [9.17, 15) is 4.79 Å². The fourth-order valence-corrected chi connectivity index (χ4v) is 2.40. The Morgan fingerprint density at radius 2 is 1.67 bits per heavy atom. The molecule has 2 rings (SSSR count). The molecule has 0 heterocycles. The van der Waals surface area contributed by atoms with Gasteiger partial charge in [-0.1, -0.05) is 55.8 Å². The molecular formula is C18H20ClNO. The van der Waals surface area contributed by atoms with Crippen LogP contribution in [0.3, 0.4) is 0 Å². The lowest BCUT2D eigenvalue weighted by atomic mass is 9.96. The van der Waals surface area contributed by atoms with Crippen molar-refractivity contribution in [2.75, 3.05) is 0 Å². The molecule has 0 bridgehead atoms. The molecule has 0 fully saturated rings. The molecule has 21 heavy (non-hydrogen) atoms. The smallest absolute Gasteiger partial charge is 0.251 e. The first-order valence-corrected chi connectivity index (χ1v) is 7.55. The Kier molecular flexibility index (Phi) is 5.40. The summed E-state index contributed by atoms with van der Waals surface area (Å²) in [5.41, 5.74) is 1.76. The molecule has 2 aromatic carbocycles. The predicted molar refractivity (Wildman–Crippen MR) is 87.6 cm³/mol. The van der Waals surface area contributed by atoms with Crippen LogP contribution in [-0.2, 0) is 0 Å². The first kappa shape index (κ1) is 15.6. The molecule has 1 atom stereocenters. The second kappa shape index (κ2) is 7.28. The minimum Gasteiger partial charge on any atom is -0.345 e. The van der Waals surface area contributed by atoms with Crippen LogP contribution < -0.4 is 5.32 Å². The Balaban J connectivity index is 2.15. The van der Waals surface area contributed by atoms with Crippen LogP contribution in [0.5, 0.6) is 0 Å². The largest absolute Gasteiger partial charge is 0.345 e. The highest BCUT2D eigenvalue weighted by Crippen LogP contribution is 2.22. The average molecular weight is 302 g/mol. The minimum absolute atomic E-state index is 0.0226. The predicted octanol–water partition coefficient (Wildman–Crippen LogP) is 4.86. The van der Waals surface area contributed by atoms with Crippen LogP contribution in [0.1, 0.15) is 42.2 Å². The summed E-state index contributed by atoms with van der Waals surface area (Å²) in [7, 11) is 0. The minimum atomic E-state index is -0.0684. The molecule has 2 aromatic rings. The number of carbonyl (C=O) groups is 1. The van der Waals surface area contributed by atoms with Crippen LogP contribution in [0.4, 0.5) is 0 Å². The van der Waals surface area contributed by atoms with Crippen molar-refractivity contribution in [1.29, 1.82) is 0 Å². The SMILES string of the molecule is CC(C)CC(NC(=O)c1ccc(Cl)cc1)c1ccccc1. The quantitative estimate of drug-likeness (QED) is 0.839. The Labute approximate surface area is 131 Å². The lowest BCUT2D eigenvalue weighted by molar-refractivity contribution is 0.0932. The van der Waals surface area contributed by atoms with Crippen LogP contribution in [0.15, 0.2) is 54.6 Å². The van der Waals surface area contributed by atoms with Gasteiger partial charge in [-0.3, -0.25) is 4.79 Å². The number of amides is 1. The van der Waals surface area contributed by atoms with Crippen molar-refractivity contribution in [1.82, 2.24) is 5.32 Å². The van der Waals surface area contributed by atoms with E-state index in [2.05, 4.69) is 31.3 Å². The van der Waals surface area contributed by atoms with E-state index in [1.807, 2.05) is 18.2 Å². The van der Waals surface area contributed by atoms with E-state index in [-0.39, 0.29) is 11.9 Å². The van der Waals surface area contributed by atoms with E-state index in [4.69, 9.17) is 11.6 Å². The van der Waals surface area contributed by atoms with E-state index in [1.165, 1.54) is 0 Å². The van der Waals surface area contributed by atoms with Crippen molar-refractivity contribution in [2.24, 2.45) is 5.92 Å². The van der Waals surface area contributed by atoms with Gasteiger partial charge in [0.2, 0.25) is 0 Å². The molecule has 2 nitrogen and oxygen atoms in total. The molecule has 0 radical (unpaired) electrons. The third kappa shape index (κ3) is 4.61. The van der Waals surface area contributed by atoms with Crippen molar-refractivity contribution < 1.29 is 4.79 Å². The van der Waals surface area contributed by atoms with Gasteiger partial charge in [-0.2, -0.15) is 0 Å². The van der Waals surface area contributed by atoms with Crippen LogP contribution in [0, 0.1) is 5.92 Å². The van der Waals surface area contributed by atoms with E-state index < -0.39 is 0 Å². The lowest BCUT2D eigenvalue weighted by Crippen LogP contribution is -2.29. The monoisotopic (exact) mass is 301 g/mol. The summed E-state index contributed by atoms with van der Waals surface area (Å²) in [6.45, 7) is 4.31. The summed E-state index contributed by atoms with van der Waals surface area (Å²) in [5.74, 6) is 0.432. The normalized spacial score (nSPS) is 12.2. The van der Waals surface area contributed by atoms with Gasteiger partial charge in [0.15, 0.2) is 0 Å². The number of rotatable bonds is 5. The number of hydrogen-bond donors (Lipinski definition) is 1. The van der Waals surface area contributed by atoms with Crippen LogP contribution in [0.2, 0.25) is 5.02 Å². The van der Waals surface area contributed by atoms with Gasteiger partial charge in [0.1, 0.15) is 0 Å². The highest BCUT2D eigenvalue weighted by molar-refractivity contribution is 6.30. The van der Waals surface area contributed by atoms with E-state index in [0.717, 1.165) is 12.0 Å². The standard InChI is InChI=1S/C18H20ClNO/c1-13(2)12-17(14-6-4-3-5-7-14)20-18(21)15-8-10-16(19)11-9-15/h3-11,13,17H,12H2,1-2H3,(H,20,21). The third-order valence-corrected chi connectivity index (χ3v) is 3.57. The van der Waals surface area contributed by atoms with Crippen molar-refractivity contribution in [3.63, 3.8) is 0 Å². The molecule has 110 valence electrons. The molecule has 0 aromatic heterocycles. The zero-order valence-corrected chi connectivity index (χ0v) is 13.1. The second-order valence-corrected chi connectivity index (χ2v) is 6.01. The van der Waals surface area contributed by atoms with Crippen molar-refractivity contribution in [2.45, 2.75) is 26.3 Å². The van der Waals surface area contributed by atoms with Gasteiger partial charge in [-0.05, 0) is 42.2 Å². The van der Waals surface area contributed by atoms with Crippen LogP contribution in [0.25, 0.3) is 0 Å². The van der Waals surface area contributed by atoms with Crippen LogP contribution in [-0.4, -0.2) is 5.91 Å². The average Bonchev–Trinajstić information content (AvgIpc) is 2.47. The molecule has 1 N–H and O–H groups in total. The molecule has 0 saturated carbocycles. The molecule has 1 unspecified atom stereocenters. The van der Waals surface area contributed by atoms with E-state index in [0.29, 0.717) is 16.5 Å². The van der Waals surface area contributed by atoms with E-state index >= 15 is 0 Å². The van der Waals surface area contributed by atoms with E-state index in [1.54, 1.807) is 24.3 Å². The molecular weight excluding hydrogens is 282 g/mol. The second-order valence-electron chi connectivity index (χ2n) is 5.57. The Hall–Kier alpha value is -1.80. The first-order valence-electron chi connectivity index (χ1n) is 7.17. The Morgan fingerprint density at radius 1 is 1.05 bits per heavy atom. The molecule has 0 spiro atoms. The summed E-state index contributed by atoms with van der Waals surface area (Å²) in [6.07, 6.45) is 0.906. The van der Waals surface area contributed by atoms with Gasteiger partial charge in [0.25, 0.3) is 5.91 Å². The topological polar surface area (TPSA) is 29.1 Å². The van der Waals surface area contributed by atoms with Gasteiger partial charge >= 0.3 is 0 Å². The number of benzene rings is 2. The van der Waals surface area contributed by atoms with Gasteiger partial charge in [0, 0.05) is 10.6 Å². The maximum Gasteiger partial charge on any atom is 0.251 e. The maximum atomic E-state index is 12.4. The fourth-order valence-electron chi connectivity index (χ4n) is 2.28. The number of halogens is 1. The molecule has 1 amide bonds. The molecule has 0 aliphatic heterocycles. The zero-order chi connectivity index (χ0) is 15.2. The van der Waals surface area contributed by atoms with Crippen LogP contribution >= 0.6 is 11.6 Å². The molecule has 0 aliphatic carbocycles. The maximum absolute atomic E-state index is 12.4. The third-order valence-electron chi connectivity index (χ3n) is 3.32. The van der Waals surface area contributed by atoms with Crippen molar-refractivity contribution in [3.8, 4) is 0 Å². The molecule has 0 saturated heterocycles.